The van der Waals surface area contributed by atoms with Gasteiger partial charge < -0.3 is 14.2 Å². The molecule has 0 fully saturated rings. The minimum Gasteiger partial charge on any atom is -0.464 e. The van der Waals surface area contributed by atoms with Crippen LogP contribution < -0.4 is 0 Å². The molecule has 0 rings (SSSR count). The van der Waals surface area contributed by atoms with Crippen LogP contribution in [0.4, 0.5) is 0 Å². The highest BCUT2D eigenvalue weighted by molar-refractivity contribution is 5.73. The van der Waals surface area contributed by atoms with E-state index in [2.05, 4.69) is 20.8 Å². The van der Waals surface area contributed by atoms with Gasteiger partial charge in [0, 0.05) is 0 Å². The summed E-state index contributed by atoms with van der Waals surface area (Å²) in [6, 6.07) is 0. The summed E-state index contributed by atoms with van der Waals surface area (Å²) in [5.74, 6) is -0.459. The van der Waals surface area contributed by atoms with Crippen molar-refractivity contribution in [3.8, 4) is 0 Å². The largest absolute Gasteiger partial charge is 0.464 e. The molecule has 0 aromatic rings. The second-order valence-electron chi connectivity index (χ2n) is 6.55. The summed E-state index contributed by atoms with van der Waals surface area (Å²) in [5.41, 5.74) is 0. The standard InChI is InChI=1S/C20H38O5/c1-4-7-8-9-10-11-12-13-14-24-19(21)16-23-17-20(22)25-15-18(5-2)6-3/h18H,4-17H2,1-3H3. The van der Waals surface area contributed by atoms with Gasteiger partial charge in [0.1, 0.15) is 13.2 Å². The van der Waals surface area contributed by atoms with E-state index >= 15 is 0 Å². The Hall–Kier alpha value is -1.10. The van der Waals surface area contributed by atoms with E-state index in [0.29, 0.717) is 19.1 Å². The van der Waals surface area contributed by atoms with Gasteiger partial charge in [-0.1, -0.05) is 78.6 Å². The van der Waals surface area contributed by atoms with Crippen LogP contribution in [-0.2, 0) is 23.8 Å². The molecule has 0 aliphatic rings. The van der Waals surface area contributed by atoms with E-state index < -0.39 is 11.9 Å². The summed E-state index contributed by atoms with van der Waals surface area (Å²) < 4.78 is 15.2. The molecular formula is C20H38O5. The number of unbranched alkanes of at least 4 members (excludes halogenated alkanes) is 7. The summed E-state index contributed by atoms with van der Waals surface area (Å²) >= 11 is 0. The molecule has 5 nitrogen and oxygen atoms in total. The zero-order chi connectivity index (χ0) is 18.8. The molecule has 0 bridgehead atoms. The highest BCUT2D eigenvalue weighted by Gasteiger charge is 2.10. The van der Waals surface area contributed by atoms with Crippen LogP contribution in [0, 0.1) is 5.92 Å². The van der Waals surface area contributed by atoms with Crippen molar-refractivity contribution in [2.24, 2.45) is 5.92 Å². The Morgan fingerprint density at radius 2 is 1.24 bits per heavy atom. The predicted molar refractivity (Wildman–Crippen MR) is 99.4 cm³/mol. The first-order valence-electron chi connectivity index (χ1n) is 10.0. The molecule has 0 aromatic heterocycles. The number of esters is 2. The first-order valence-corrected chi connectivity index (χ1v) is 10.0. The Kier molecular flexibility index (Phi) is 16.9. The third kappa shape index (κ3) is 16.1. The lowest BCUT2D eigenvalue weighted by Crippen LogP contribution is -2.20. The van der Waals surface area contributed by atoms with Gasteiger partial charge in [0.15, 0.2) is 0 Å². The molecule has 0 amide bonds. The molecule has 0 aromatic carbocycles. The van der Waals surface area contributed by atoms with Crippen molar-refractivity contribution >= 4 is 11.9 Å². The van der Waals surface area contributed by atoms with Crippen molar-refractivity contribution in [1.82, 2.24) is 0 Å². The highest BCUT2D eigenvalue weighted by Crippen LogP contribution is 2.09. The number of hydrogen-bond acceptors (Lipinski definition) is 5. The van der Waals surface area contributed by atoms with Crippen molar-refractivity contribution < 1.29 is 23.8 Å². The monoisotopic (exact) mass is 358 g/mol. The summed E-state index contributed by atoms with van der Waals surface area (Å²) in [7, 11) is 0. The minimum absolute atomic E-state index is 0.197. The maximum Gasteiger partial charge on any atom is 0.332 e. The molecule has 0 N–H and O–H groups in total. The summed E-state index contributed by atoms with van der Waals surface area (Å²) in [6.45, 7) is 6.80. The zero-order valence-electron chi connectivity index (χ0n) is 16.5. The third-order valence-corrected chi connectivity index (χ3v) is 4.34. The Balaban J connectivity index is 3.42. The molecule has 0 unspecified atom stereocenters. The van der Waals surface area contributed by atoms with Gasteiger partial charge in [-0.3, -0.25) is 0 Å². The third-order valence-electron chi connectivity index (χ3n) is 4.34. The number of carbonyl (C=O) groups is 2. The second-order valence-corrected chi connectivity index (χ2v) is 6.55. The van der Waals surface area contributed by atoms with Crippen LogP contribution in [0.15, 0.2) is 0 Å². The van der Waals surface area contributed by atoms with Crippen LogP contribution in [-0.4, -0.2) is 38.4 Å². The SMILES string of the molecule is CCCCCCCCCCOC(=O)COCC(=O)OCC(CC)CC. The van der Waals surface area contributed by atoms with Crippen LogP contribution in [0.25, 0.3) is 0 Å². The lowest BCUT2D eigenvalue weighted by molar-refractivity contribution is -0.156. The molecule has 148 valence electrons. The van der Waals surface area contributed by atoms with Crippen LogP contribution in [0.5, 0.6) is 0 Å². The van der Waals surface area contributed by atoms with Crippen LogP contribution in [0.3, 0.4) is 0 Å². The minimum atomic E-state index is -0.428. The number of ether oxygens (including phenoxy) is 3. The average Bonchev–Trinajstić information content (AvgIpc) is 2.61. The smallest absolute Gasteiger partial charge is 0.332 e. The van der Waals surface area contributed by atoms with Crippen molar-refractivity contribution in [1.29, 1.82) is 0 Å². The molecule has 0 aliphatic heterocycles. The van der Waals surface area contributed by atoms with Crippen LogP contribution in [0.1, 0.15) is 85.0 Å². The topological polar surface area (TPSA) is 61.8 Å². The van der Waals surface area contributed by atoms with Crippen molar-refractivity contribution in [2.45, 2.75) is 85.0 Å². The Bertz CT molecular complexity index is 326. The van der Waals surface area contributed by atoms with E-state index in [1.165, 1.54) is 38.5 Å². The van der Waals surface area contributed by atoms with E-state index in [0.717, 1.165) is 25.7 Å². The quantitative estimate of drug-likeness (QED) is 0.279. The number of rotatable bonds is 17. The average molecular weight is 359 g/mol. The lowest BCUT2D eigenvalue weighted by atomic mass is 10.1. The Labute approximate surface area is 153 Å². The van der Waals surface area contributed by atoms with Crippen LogP contribution >= 0.6 is 0 Å². The molecule has 0 saturated heterocycles. The van der Waals surface area contributed by atoms with E-state index in [1.54, 1.807) is 0 Å². The Morgan fingerprint density at radius 3 is 1.80 bits per heavy atom. The molecule has 0 radical (unpaired) electrons. The summed E-state index contributed by atoms with van der Waals surface area (Å²) in [4.78, 5) is 23.0. The van der Waals surface area contributed by atoms with Gasteiger partial charge in [-0.25, -0.2) is 9.59 Å². The molecule has 0 heterocycles. The number of carbonyl (C=O) groups excluding carboxylic acids is 2. The normalized spacial score (nSPS) is 10.9. The first-order chi connectivity index (χ1) is 12.1. The predicted octanol–water partition coefficient (Wildman–Crippen LogP) is 4.67. The van der Waals surface area contributed by atoms with Crippen LogP contribution in [0.2, 0.25) is 0 Å². The van der Waals surface area contributed by atoms with E-state index in [1.807, 2.05) is 0 Å². The molecule has 0 saturated carbocycles. The fourth-order valence-electron chi connectivity index (χ4n) is 2.46. The molecule has 0 aliphatic carbocycles. The van der Waals surface area contributed by atoms with Gasteiger partial charge in [0.2, 0.25) is 0 Å². The van der Waals surface area contributed by atoms with Gasteiger partial charge in [0.05, 0.1) is 13.2 Å². The number of hydrogen-bond donors (Lipinski definition) is 0. The summed E-state index contributed by atoms with van der Waals surface area (Å²) in [6.07, 6.45) is 11.6. The van der Waals surface area contributed by atoms with Crippen molar-refractivity contribution in [3.05, 3.63) is 0 Å². The molecular weight excluding hydrogens is 320 g/mol. The maximum atomic E-state index is 11.5. The lowest BCUT2D eigenvalue weighted by Gasteiger charge is -2.12. The van der Waals surface area contributed by atoms with E-state index in [9.17, 15) is 9.59 Å². The Morgan fingerprint density at radius 1 is 0.720 bits per heavy atom. The molecule has 25 heavy (non-hydrogen) atoms. The van der Waals surface area contributed by atoms with Gasteiger partial charge >= 0.3 is 11.9 Å². The fraction of sp³-hybridized carbons (Fsp3) is 0.900. The maximum absolute atomic E-state index is 11.5. The first kappa shape index (κ1) is 23.9. The van der Waals surface area contributed by atoms with Gasteiger partial charge in [-0.2, -0.15) is 0 Å². The van der Waals surface area contributed by atoms with Gasteiger partial charge in [-0.15, -0.1) is 0 Å². The fourth-order valence-corrected chi connectivity index (χ4v) is 2.46. The van der Waals surface area contributed by atoms with Crippen molar-refractivity contribution in [2.75, 3.05) is 26.4 Å². The van der Waals surface area contributed by atoms with E-state index in [4.69, 9.17) is 14.2 Å². The zero-order valence-corrected chi connectivity index (χ0v) is 16.5. The van der Waals surface area contributed by atoms with Crippen molar-refractivity contribution in [3.63, 3.8) is 0 Å². The molecule has 5 heteroatoms. The van der Waals surface area contributed by atoms with E-state index in [-0.39, 0.29) is 13.2 Å². The summed E-state index contributed by atoms with van der Waals surface area (Å²) in [5, 5.41) is 0. The highest BCUT2D eigenvalue weighted by atomic mass is 16.6. The second kappa shape index (κ2) is 17.7. The molecule has 0 atom stereocenters. The van der Waals surface area contributed by atoms with Gasteiger partial charge in [-0.05, 0) is 12.3 Å². The van der Waals surface area contributed by atoms with Gasteiger partial charge in [0.25, 0.3) is 0 Å². The molecule has 0 spiro atoms.